The van der Waals surface area contributed by atoms with Crippen molar-refractivity contribution in [2.24, 2.45) is 11.0 Å². The van der Waals surface area contributed by atoms with E-state index in [1.165, 1.54) is 22.5 Å². The summed E-state index contributed by atoms with van der Waals surface area (Å²) in [6.45, 7) is 3.99. The van der Waals surface area contributed by atoms with Crippen molar-refractivity contribution >= 4 is 38.6 Å². The Labute approximate surface area is 238 Å². The lowest BCUT2D eigenvalue weighted by Gasteiger charge is -2.32. The highest BCUT2D eigenvalue weighted by Gasteiger charge is 2.74. The lowest BCUT2D eigenvalue weighted by molar-refractivity contribution is -0.338. The van der Waals surface area contributed by atoms with Crippen LogP contribution in [-0.4, -0.2) is 60.3 Å². The second kappa shape index (κ2) is 11.2. The van der Waals surface area contributed by atoms with Crippen LogP contribution < -0.4 is 5.01 Å². The average Bonchev–Trinajstić information content (AvgIpc) is 3.32. The van der Waals surface area contributed by atoms with Gasteiger partial charge in [0.05, 0.1) is 28.2 Å². The summed E-state index contributed by atoms with van der Waals surface area (Å²) >= 11 is 6.25. The van der Waals surface area contributed by atoms with Crippen molar-refractivity contribution in [1.82, 2.24) is 4.31 Å². The van der Waals surface area contributed by atoms with Crippen molar-refractivity contribution in [3.8, 4) is 0 Å². The molecule has 0 radical (unpaired) electrons. The summed E-state index contributed by atoms with van der Waals surface area (Å²) < 4.78 is 109. The molecular weight excluding hydrogens is 596 g/mol. The fourth-order valence-corrected chi connectivity index (χ4v) is 6.92. The number of alkyl halides is 6. The van der Waals surface area contributed by atoms with Gasteiger partial charge in [0.15, 0.2) is 0 Å². The van der Waals surface area contributed by atoms with Gasteiger partial charge in [-0.25, -0.2) is 8.42 Å². The SMILES string of the molecule is CC(C)CS(=O)(=O)N1CC=C(c2cccc(C3CC(C(O)(C(F)(F)F)C(F)(F)F)=NN3c3ccccc3Cl)c2)CC1. The highest BCUT2D eigenvalue weighted by atomic mass is 35.5. The number of anilines is 1. The van der Waals surface area contributed by atoms with Crippen LogP contribution in [0.4, 0.5) is 32.0 Å². The Balaban J connectivity index is 1.71. The number of aliphatic hydroxyl groups is 1. The third-order valence-electron chi connectivity index (χ3n) is 7.00. The van der Waals surface area contributed by atoms with Gasteiger partial charge >= 0.3 is 12.4 Å². The van der Waals surface area contributed by atoms with Gasteiger partial charge < -0.3 is 5.11 Å². The fraction of sp³-hybridized carbons (Fsp3) is 0.444. The summed E-state index contributed by atoms with van der Waals surface area (Å²) in [5.74, 6) is -0.0376. The molecule has 2 aliphatic heterocycles. The van der Waals surface area contributed by atoms with Crippen LogP contribution in [-0.2, 0) is 10.0 Å². The molecule has 0 spiro atoms. The van der Waals surface area contributed by atoms with Gasteiger partial charge in [0.1, 0.15) is 0 Å². The van der Waals surface area contributed by atoms with E-state index in [-0.39, 0.29) is 35.5 Å². The molecule has 2 aromatic rings. The Morgan fingerprint density at radius 1 is 1.05 bits per heavy atom. The summed E-state index contributed by atoms with van der Waals surface area (Å²) in [7, 11) is -3.45. The minimum absolute atomic E-state index is 0.00967. The maximum Gasteiger partial charge on any atom is 0.431 e. The zero-order chi connectivity index (χ0) is 30.4. The van der Waals surface area contributed by atoms with E-state index in [9.17, 15) is 39.9 Å². The van der Waals surface area contributed by atoms with Gasteiger partial charge in [-0.15, -0.1) is 0 Å². The molecule has 2 heterocycles. The first-order valence-electron chi connectivity index (χ1n) is 12.7. The van der Waals surface area contributed by atoms with E-state index in [4.69, 9.17) is 11.6 Å². The molecule has 0 saturated carbocycles. The number of rotatable bonds is 7. The summed E-state index contributed by atoms with van der Waals surface area (Å²) in [5, 5.41) is 14.8. The van der Waals surface area contributed by atoms with E-state index in [0.29, 0.717) is 17.5 Å². The van der Waals surface area contributed by atoms with Gasteiger partial charge in [-0.1, -0.05) is 61.9 Å². The number of hydrogen-bond acceptors (Lipinski definition) is 5. The first kappa shape index (κ1) is 31.3. The Kier molecular flexibility index (Phi) is 8.58. The third-order valence-corrected chi connectivity index (χ3v) is 9.53. The van der Waals surface area contributed by atoms with E-state index >= 15 is 0 Å². The Morgan fingerprint density at radius 3 is 2.27 bits per heavy atom. The third kappa shape index (κ3) is 6.13. The molecule has 1 N–H and O–H groups in total. The molecule has 14 heteroatoms. The summed E-state index contributed by atoms with van der Waals surface area (Å²) in [4.78, 5) is 0. The molecule has 0 amide bonds. The van der Waals surface area contributed by atoms with Crippen molar-refractivity contribution in [3.05, 3.63) is 70.8 Å². The number of sulfonamides is 1. The summed E-state index contributed by atoms with van der Waals surface area (Å²) in [6, 6.07) is 11.2. The minimum atomic E-state index is -6.08. The van der Waals surface area contributed by atoms with Crippen molar-refractivity contribution in [1.29, 1.82) is 0 Å². The summed E-state index contributed by atoms with van der Waals surface area (Å²) in [5.41, 5.74) is -4.84. The van der Waals surface area contributed by atoms with E-state index in [0.717, 1.165) is 10.6 Å². The van der Waals surface area contributed by atoms with Gasteiger partial charge in [-0.05, 0) is 47.2 Å². The Hall–Kier alpha value is -2.61. The summed E-state index contributed by atoms with van der Waals surface area (Å²) in [6.07, 6.45) is -10.9. The van der Waals surface area contributed by atoms with E-state index in [1.54, 1.807) is 36.4 Å². The van der Waals surface area contributed by atoms with Crippen LogP contribution in [0.25, 0.3) is 5.57 Å². The lowest BCUT2D eigenvalue weighted by Crippen LogP contribution is -2.62. The quantitative estimate of drug-likeness (QED) is 0.354. The van der Waals surface area contributed by atoms with Gasteiger partial charge in [0.25, 0.3) is 5.60 Å². The van der Waals surface area contributed by atoms with Gasteiger partial charge in [-0.3, -0.25) is 5.01 Å². The molecule has 2 aliphatic rings. The molecule has 0 aromatic heterocycles. The highest BCUT2D eigenvalue weighted by Crippen LogP contribution is 2.49. The Morgan fingerprint density at radius 2 is 1.71 bits per heavy atom. The maximum absolute atomic E-state index is 13.7. The van der Waals surface area contributed by atoms with Gasteiger partial charge in [-0.2, -0.15) is 35.7 Å². The Bertz CT molecular complexity index is 1440. The number of nitrogens with zero attached hydrogens (tertiary/aromatic N) is 3. The molecule has 1 unspecified atom stereocenters. The predicted octanol–water partition coefficient (Wildman–Crippen LogP) is 6.58. The van der Waals surface area contributed by atoms with E-state index in [1.807, 2.05) is 13.8 Å². The van der Waals surface area contributed by atoms with Crippen LogP contribution in [0.3, 0.4) is 0 Å². The molecule has 0 aliphatic carbocycles. The number of benzene rings is 2. The number of hydrazone groups is 1. The molecule has 1 atom stereocenters. The molecule has 0 fully saturated rings. The first-order valence-corrected chi connectivity index (χ1v) is 14.7. The molecule has 0 saturated heterocycles. The lowest BCUT2D eigenvalue weighted by atomic mass is 9.88. The average molecular weight is 624 g/mol. The second-order valence-electron chi connectivity index (χ2n) is 10.4. The van der Waals surface area contributed by atoms with E-state index in [2.05, 4.69) is 5.10 Å². The normalized spacial score (nSPS) is 19.5. The molecule has 41 heavy (non-hydrogen) atoms. The fourth-order valence-electron chi connectivity index (χ4n) is 4.97. The molecule has 4 rings (SSSR count). The van der Waals surface area contributed by atoms with Gasteiger partial charge in [0.2, 0.25) is 10.0 Å². The van der Waals surface area contributed by atoms with Crippen molar-refractivity contribution in [2.45, 2.75) is 50.7 Å². The largest absolute Gasteiger partial charge is 0.431 e. The zero-order valence-electron chi connectivity index (χ0n) is 22.0. The van der Waals surface area contributed by atoms with Crippen molar-refractivity contribution in [2.75, 3.05) is 23.9 Å². The molecule has 224 valence electrons. The molecular formula is C27H28ClF6N3O3S. The van der Waals surface area contributed by atoms with Crippen LogP contribution in [0.2, 0.25) is 5.02 Å². The monoisotopic (exact) mass is 623 g/mol. The molecule has 6 nitrogen and oxygen atoms in total. The van der Waals surface area contributed by atoms with E-state index < -0.39 is 46.2 Å². The molecule has 0 bridgehead atoms. The van der Waals surface area contributed by atoms with Crippen LogP contribution in [0.15, 0.2) is 59.7 Å². The highest BCUT2D eigenvalue weighted by molar-refractivity contribution is 7.89. The van der Waals surface area contributed by atoms with Gasteiger partial charge in [0, 0.05) is 19.5 Å². The number of hydrogen-bond donors (Lipinski definition) is 1. The zero-order valence-corrected chi connectivity index (χ0v) is 23.6. The standard InChI is InChI=1S/C27H28ClF6N3O3S/c1-17(2)16-41(39,40)36-12-10-18(11-13-36)19-6-5-7-20(14-19)23-15-24(25(38,26(29,30)31)27(32,33)34)35-37(23)22-9-4-3-8-21(22)28/h3-10,14,17,23,38H,11-13,15-16H2,1-2H3. The number of halogens is 7. The first-order chi connectivity index (χ1) is 19.0. The van der Waals surface area contributed by atoms with Crippen LogP contribution in [0.1, 0.15) is 43.9 Å². The van der Waals surface area contributed by atoms with Crippen LogP contribution >= 0.6 is 11.6 Å². The van der Waals surface area contributed by atoms with Crippen LogP contribution in [0.5, 0.6) is 0 Å². The topological polar surface area (TPSA) is 73.2 Å². The van der Waals surface area contributed by atoms with Crippen LogP contribution in [0, 0.1) is 5.92 Å². The predicted molar refractivity (Wildman–Crippen MR) is 145 cm³/mol. The maximum atomic E-state index is 13.7. The molecule has 2 aromatic carbocycles. The smallest absolute Gasteiger partial charge is 0.369 e. The number of para-hydroxylation sites is 1. The van der Waals surface area contributed by atoms with Crippen molar-refractivity contribution in [3.63, 3.8) is 0 Å². The second-order valence-corrected chi connectivity index (χ2v) is 12.8. The minimum Gasteiger partial charge on any atom is -0.369 e. The van der Waals surface area contributed by atoms with Crippen molar-refractivity contribution < 1.29 is 39.9 Å².